The van der Waals surface area contributed by atoms with Gasteiger partial charge in [0.15, 0.2) is 0 Å². The number of hydrogen-bond acceptors (Lipinski definition) is 3. The van der Waals surface area contributed by atoms with Gasteiger partial charge in [-0.1, -0.05) is 115 Å². The fraction of sp³-hybridized carbons (Fsp3) is 0. The van der Waals surface area contributed by atoms with Crippen molar-refractivity contribution in [3.8, 4) is 6.07 Å². The van der Waals surface area contributed by atoms with Crippen molar-refractivity contribution in [3.05, 3.63) is 211 Å². The van der Waals surface area contributed by atoms with Gasteiger partial charge in [-0.15, -0.1) is 0 Å². The summed E-state index contributed by atoms with van der Waals surface area (Å²) in [6, 6.07) is 25.9. The summed E-state index contributed by atoms with van der Waals surface area (Å²) in [4.78, 5) is 6.98. The number of benzene rings is 9. The zero-order valence-corrected chi connectivity index (χ0v) is 32.1. The first-order chi connectivity index (χ1) is 36.6. The van der Waals surface area contributed by atoms with Crippen molar-refractivity contribution in [2.24, 2.45) is 0 Å². The van der Waals surface area contributed by atoms with Gasteiger partial charge in [0.2, 0.25) is 5.69 Å². The third kappa shape index (κ3) is 4.50. The molecule has 0 aliphatic rings. The molecule has 0 amide bonds. The van der Waals surface area contributed by atoms with Crippen molar-refractivity contribution in [2.75, 3.05) is 9.80 Å². The van der Waals surface area contributed by atoms with E-state index in [9.17, 15) is 19.0 Å². The minimum absolute atomic E-state index is 0.0153. The Morgan fingerprint density at radius 2 is 0.935 bits per heavy atom. The molecular weight excluding hydrogens is 757 g/mol. The predicted octanol–water partition coefficient (Wildman–Crippen LogP) is 15.3. The molecule has 6 nitrogen and oxygen atoms in total. The van der Waals surface area contributed by atoms with E-state index < -0.39 is 84.6 Å². The minimum Gasteiger partial charge on any atom is -0.320 e. The van der Waals surface area contributed by atoms with E-state index in [0.717, 1.165) is 0 Å². The average Bonchev–Trinajstić information content (AvgIpc) is 4.31. The van der Waals surface area contributed by atoms with E-state index >= 15 is 0 Å². The zero-order chi connectivity index (χ0) is 53.2. The second-order valence-electron chi connectivity index (χ2n) is 14.8. The third-order valence-electron chi connectivity index (χ3n) is 11.7. The largest absolute Gasteiger partial charge is 0.320 e. The summed E-state index contributed by atoms with van der Waals surface area (Å²) >= 11 is 0. The van der Waals surface area contributed by atoms with Crippen molar-refractivity contribution in [2.45, 2.75) is 0 Å². The van der Waals surface area contributed by atoms with E-state index in [0.29, 0.717) is 22.7 Å². The van der Waals surface area contributed by atoms with E-state index in [1.807, 2.05) is 0 Å². The fourth-order valence-electron chi connectivity index (χ4n) is 9.18. The number of para-hydroxylation sites is 7. The Balaban J connectivity index is 1.31. The highest BCUT2D eigenvalue weighted by Crippen LogP contribution is 2.52. The summed E-state index contributed by atoms with van der Waals surface area (Å²) in [6.45, 7) is 8.17. The molecule has 0 spiro atoms. The van der Waals surface area contributed by atoms with Crippen LogP contribution in [0.4, 0.5) is 39.8 Å². The van der Waals surface area contributed by atoms with E-state index in [2.05, 4.69) is 10.9 Å². The lowest BCUT2D eigenvalue weighted by Gasteiger charge is -2.27. The second-order valence-corrected chi connectivity index (χ2v) is 14.8. The van der Waals surface area contributed by atoms with Crippen molar-refractivity contribution in [1.82, 2.24) is 8.80 Å². The van der Waals surface area contributed by atoms with Gasteiger partial charge in [0.05, 0.1) is 87.2 Å². The first-order valence-corrected chi connectivity index (χ1v) is 19.6. The summed E-state index contributed by atoms with van der Waals surface area (Å²) in [6.07, 6.45) is 0. The molecule has 0 aliphatic heterocycles. The molecule has 0 aliphatic carbocycles. The molecule has 0 saturated heterocycles. The number of nitrogens with zero attached hydrogens (tertiary/aromatic N) is 6. The first kappa shape index (κ1) is 23.1. The molecule has 0 saturated carbocycles. The normalized spacial score (nSPS) is 15.0. The standard InChI is InChI=1S/C56H32N6/c1-58-44-23-11-15-27-48(44)60(37-19-6-3-7-20-37)50-31-29-39-43-33-51-42(32-52(43)62-47-26-14-10-22-41(47)54(50)56(39)62)38-28-30-49(53-40-21-9-13-25-46(40)61(51)55(38)53)59(36-17-4-2-5-18-36)45-24-12-8-16-35(45)34-57/h2-33H/i9D,10D,13D,14D,21D,22D,25D,26D,28D,29D,30D,31D,32D,33D. The van der Waals surface area contributed by atoms with E-state index in [1.54, 1.807) is 119 Å². The summed E-state index contributed by atoms with van der Waals surface area (Å²) in [7, 11) is 0. The van der Waals surface area contributed by atoms with Crippen molar-refractivity contribution < 1.29 is 19.2 Å². The SMILES string of the molecule is [2H]c1c([2H])c([2H])c2c(c1[2H])c1c(N(c3ccccc3)c3ccccc3C#N)c([2H])c([2H])c3c4c([2H])c5c(c([2H])c4n2c31)c1c([2H])c([2H])c(N(c2ccccc2)c2ccccc2[N+]#[C-])c2c3c([2H])c([2H])c([2H])c([2H])c3n5c12. The number of nitriles is 1. The summed E-state index contributed by atoms with van der Waals surface area (Å²) < 4.78 is 138. The highest BCUT2D eigenvalue weighted by Gasteiger charge is 2.28. The highest BCUT2D eigenvalue weighted by molar-refractivity contribution is 6.32. The molecule has 62 heavy (non-hydrogen) atoms. The van der Waals surface area contributed by atoms with Crippen LogP contribution in [0.3, 0.4) is 0 Å². The van der Waals surface area contributed by atoms with E-state index in [-0.39, 0.29) is 98.8 Å². The number of aromatic nitrogens is 2. The Hall–Kier alpha value is -8.84. The molecule has 13 aromatic rings. The van der Waals surface area contributed by atoms with Crippen LogP contribution >= 0.6 is 0 Å². The molecule has 0 fully saturated rings. The summed E-state index contributed by atoms with van der Waals surface area (Å²) in [5, 5.41) is 10.2. The van der Waals surface area contributed by atoms with Gasteiger partial charge in [-0.2, -0.15) is 5.26 Å². The van der Waals surface area contributed by atoms with Crippen LogP contribution < -0.4 is 9.80 Å². The van der Waals surface area contributed by atoms with Gasteiger partial charge < -0.3 is 18.6 Å². The maximum absolute atomic E-state index is 10.5. The summed E-state index contributed by atoms with van der Waals surface area (Å²) in [5.74, 6) is 0. The van der Waals surface area contributed by atoms with E-state index in [4.69, 9.17) is 12.1 Å². The predicted molar refractivity (Wildman–Crippen MR) is 256 cm³/mol. The molecule has 0 atom stereocenters. The van der Waals surface area contributed by atoms with Crippen LogP contribution in [0.25, 0.3) is 81.0 Å². The highest BCUT2D eigenvalue weighted by atomic mass is 15.2. The number of anilines is 6. The lowest BCUT2D eigenvalue weighted by Crippen LogP contribution is -2.11. The maximum atomic E-state index is 10.5. The molecular formula is C56H32N6. The van der Waals surface area contributed by atoms with Gasteiger partial charge >= 0.3 is 0 Å². The van der Waals surface area contributed by atoms with Crippen LogP contribution in [0.1, 0.15) is 24.8 Å². The quantitative estimate of drug-likeness (QED) is 0.157. The molecule has 4 heterocycles. The Morgan fingerprint density at radius 3 is 1.47 bits per heavy atom. The fourth-order valence-corrected chi connectivity index (χ4v) is 9.18. The van der Waals surface area contributed by atoms with Crippen molar-refractivity contribution in [3.63, 3.8) is 0 Å². The van der Waals surface area contributed by atoms with Crippen LogP contribution in [0.15, 0.2) is 194 Å². The number of rotatable bonds is 6. The maximum Gasteiger partial charge on any atom is 0.210 e. The van der Waals surface area contributed by atoms with Gasteiger partial charge in [0.25, 0.3) is 0 Å². The molecule has 13 rings (SSSR count). The second kappa shape index (κ2) is 12.8. The Bertz CT molecular complexity index is 4540. The van der Waals surface area contributed by atoms with Gasteiger partial charge in [-0.25, -0.2) is 4.85 Å². The van der Waals surface area contributed by atoms with Gasteiger partial charge in [-0.3, -0.25) is 0 Å². The Kier molecular flexibility index (Phi) is 4.78. The smallest absolute Gasteiger partial charge is 0.210 e. The van der Waals surface area contributed by atoms with Crippen LogP contribution in [0.5, 0.6) is 0 Å². The number of fused-ring (bicyclic) bond motifs is 12. The third-order valence-corrected chi connectivity index (χ3v) is 11.7. The van der Waals surface area contributed by atoms with Crippen LogP contribution in [0, 0.1) is 17.9 Å². The molecule has 0 bridgehead atoms. The molecule has 9 aromatic carbocycles. The van der Waals surface area contributed by atoms with Crippen molar-refractivity contribution in [1.29, 1.82) is 5.26 Å². The molecule has 4 aromatic heterocycles. The molecule has 286 valence electrons. The summed E-state index contributed by atoms with van der Waals surface area (Å²) in [5.41, 5.74) is 1.43. The Morgan fingerprint density at radius 1 is 0.468 bits per heavy atom. The molecule has 0 radical (unpaired) electrons. The first-order valence-electron chi connectivity index (χ1n) is 26.6. The van der Waals surface area contributed by atoms with Gasteiger partial charge in [0.1, 0.15) is 6.07 Å². The zero-order valence-electron chi connectivity index (χ0n) is 46.1. The molecule has 0 unspecified atom stereocenters. The van der Waals surface area contributed by atoms with E-state index in [1.165, 1.54) is 8.80 Å². The Labute approximate surface area is 375 Å². The van der Waals surface area contributed by atoms with Crippen molar-refractivity contribution >= 4 is 116 Å². The molecule has 0 N–H and O–H groups in total. The van der Waals surface area contributed by atoms with Crippen LogP contribution in [-0.2, 0) is 0 Å². The van der Waals surface area contributed by atoms with Crippen LogP contribution in [-0.4, -0.2) is 8.80 Å². The van der Waals surface area contributed by atoms with Crippen LogP contribution in [0.2, 0.25) is 0 Å². The lowest BCUT2D eigenvalue weighted by molar-refractivity contribution is 1.28. The lowest BCUT2D eigenvalue weighted by atomic mass is 10.0. The van der Waals surface area contributed by atoms with Gasteiger partial charge in [0, 0.05) is 54.5 Å². The molecule has 6 heteroatoms. The average molecular weight is 803 g/mol. The van der Waals surface area contributed by atoms with Gasteiger partial charge in [-0.05, 0) is 78.7 Å². The topological polar surface area (TPSA) is 43.5 Å². The minimum atomic E-state index is -0.622. The number of hydrogen-bond donors (Lipinski definition) is 0. The monoisotopic (exact) mass is 802 g/mol.